The molecule has 4 nitrogen and oxygen atoms in total. The number of carbonyl (C=O) groups is 1. The van der Waals surface area contributed by atoms with Crippen molar-refractivity contribution in [3.05, 3.63) is 59.4 Å². The number of likely N-dealkylation sites (tertiary alicyclic amines) is 1. The first-order chi connectivity index (χ1) is 14.7. The molecule has 2 aromatic carbocycles. The number of amides is 1. The summed E-state index contributed by atoms with van der Waals surface area (Å²) in [5.74, 6) is 0.460. The highest BCUT2D eigenvalue weighted by molar-refractivity contribution is 8.00. The van der Waals surface area contributed by atoms with E-state index < -0.39 is 0 Å². The van der Waals surface area contributed by atoms with Gasteiger partial charge in [0.15, 0.2) is 11.6 Å². The Hall–Kier alpha value is -2.05. The van der Waals surface area contributed by atoms with Crippen LogP contribution in [0.5, 0.6) is 5.75 Å². The molecule has 0 unspecified atom stereocenters. The summed E-state index contributed by atoms with van der Waals surface area (Å²) in [6, 6.07) is 13.8. The first kappa shape index (κ1) is 23.6. The molecule has 1 fully saturated rings. The number of nitrogens with zero attached hydrogens (tertiary/aromatic N) is 1. The number of thioether (sulfide) groups is 1. The molecule has 0 aliphatic carbocycles. The molecule has 2 aromatic rings. The van der Waals surface area contributed by atoms with E-state index in [-0.39, 0.29) is 28.9 Å². The predicted octanol–water partition coefficient (Wildman–Crippen LogP) is 5.00. The van der Waals surface area contributed by atoms with Crippen molar-refractivity contribution in [3.8, 4) is 5.75 Å². The molecule has 0 bridgehead atoms. The smallest absolute Gasteiger partial charge is 0.230 e. The molecule has 1 N–H and O–H groups in total. The van der Waals surface area contributed by atoms with Crippen LogP contribution in [-0.2, 0) is 16.8 Å². The number of piperidine rings is 1. The van der Waals surface area contributed by atoms with E-state index in [0.717, 1.165) is 36.4 Å². The highest BCUT2D eigenvalue weighted by Gasteiger charge is 2.21. The van der Waals surface area contributed by atoms with E-state index in [2.05, 4.69) is 55.3 Å². The van der Waals surface area contributed by atoms with Crippen LogP contribution in [0.15, 0.2) is 47.4 Å². The number of hydrogen-bond donors (Lipinski definition) is 1. The van der Waals surface area contributed by atoms with Gasteiger partial charge in [-0.05, 0) is 53.6 Å². The third-order valence-corrected chi connectivity index (χ3v) is 6.68. The molecule has 31 heavy (non-hydrogen) atoms. The van der Waals surface area contributed by atoms with Gasteiger partial charge in [0.25, 0.3) is 0 Å². The quantitative estimate of drug-likeness (QED) is 0.610. The van der Waals surface area contributed by atoms with Crippen LogP contribution in [0.1, 0.15) is 44.7 Å². The van der Waals surface area contributed by atoms with E-state index in [0.29, 0.717) is 12.3 Å². The molecule has 0 spiro atoms. The number of methoxy groups -OCH3 is 1. The number of ether oxygens (including phenoxy) is 1. The normalized spacial score (nSPS) is 15.6. The van der Waals surface area contributed by atoms with Crippen LogP contribution in [0.3, 0.4) is 0 Å². The van der Waals surface area contributed by atoms with Crippen molar-refractivity contribution in [2.24, 2.45) is 0 Å². The number of rotatable bonds is 7. The lowest BCUT2D eigenvalue weighted by Crippen LogP contribution is -2.44. The molecule has 0 aromatic heterocycles. The Morgan fingerprint density at radius 1 is 1.16 bits per heavy atom. The van der Waals surface area contributed by atoms with Crippen LogP contribution in [-0.4, -0.2) is 42.8 Å². The second-order valence-electron chi connectivity index (χ2n) is 9.15. The number of hydrogen-bond acceptors (Lipinski definition) is 4. The summed E-state index contributed by atoms with van der Waals surface area (Å²) in [7, 11) is 1.47. The van der Waals surface area contributed by atoms with Gasteiger partial charge in [0, 0.05) is 30.6 Å². The molecule has 0 radical (unpaired) electrons. The molecule has 1 aliphatic rings. The van der Waals surface area contributed by atoms with Gasteiger partial charge in [0.2, 0.25) is 5.91 Å². The lowest BCUT2D eigenvalue weighted by atomic mass is 9.87. The second kappa shape index (κ2) is 10.5. The molecule has 3 rings (SSSR count). The van der Waals surface area contributed by atoms with Gasteiger partial charge >= 0.3 is 0 Å². The van der Waals surface area contributed by atoms with Gasteiger partial charge in [-0.1, -0.05) is 39.0 Å². The highest BCUT2D eigenvalue weighted by Crippen LogP contribution is 2.26. The zero-order valence-corrected chi connectivity index (χ0v) is 19.7. The average Bonchev–Trinajstić information content (AvgIpc) is 2.73. The second-order valence-corrected chi connectivity index (χ2v) is 10.2. The molecule has 6 heteroatoms. The SMILES string of the molecule is COc1ccc(CN2CCC(NC(=O)CSc3ccc(C(C)(C)C)cc3)CC2)cc1F. The number of nitrogens with one attached hydrogen (secondary N) is 1. The van der Waals surface area contributed by atoms with Crippen LogP contribution < -0.4 is 10.1 Å². The van der Waals surface area contributed by atoms with Crippen molar-refractivity contribution >= 4 is 17.7 Å². The average molecular weight is 445 g/mol. The third-order valence-electron chi connectivity index (χ3n) is 5.67. The monoisotopic (exact) mass is 444 g/mol. The van der Waals surface area contributed by atoms with Crippen LogP contribution in [0.4, 0.5) is 4.39 Å². The topological polar surface area (TPSA) is 41.6 Å². The van der Waals surface area contributed by atoms with Crippen molar-refractivity contribution in [2.75, 3.05) is 26.0 Å². The van der Waals surface area contributed by atoms with Gasteiger partial charge in [-0.2, -0.15) is 0 Å². The maximum atomic E-state index is 13.9. The number of halogens is 1. The van der Waals surface area contributed by atoms with E-state index in [1.165, 1.54) is 18.7 Å². The van der Waals surface area contributed by atoms with Crippen LogP contribution >= 0.6 is 11.8 Å². The van der Waals surface area contributed by atoms with Crippen LogP contribution in [0.2, 0.25) is 0 Å². The van der Waals surface area contributed by atoms with Crippen molar-refractivity contribution < 1.29 is 13.9 Å². The van der Waals surface area contributed by atoms with E-state index >= 15 is 0 Å². The summed E-state index contributed by atoms with van der Waals surface area (Å²) in [4.78, 5) is 15.8. The lowest BCUT2D eigenvalue weighted by Gasteiger charge is -2.32. The van der Waals surface area contributed by atoms with Crippen molar-refractivity contribution in [3.63, 3.8) is 0 Å². The van der Waals surface area contributed by atoms with Crippen molar-refractivity contribution in [1.82, 2.24) is 10.2 Å². The molecule has 1 heterocycles. The molecule has 0 atom stereocenters. The minimum atomic E-state index is -0.326. The van der Waals surface area contributed by atoms with Gasteiger partial charge in [0.1, 0.15) is 0 Å². The molecule has 1 saturated heterocycles. The summed E-state index contributed by atoms with van der Waals surface area (Å²) in [6.07, 6.45) is 1.82. The summed E-state index contributed by atoms with van der Waals surface area (Å²) >= 11 is 1.57. The molecule has 1 aliphatic heterocycles. The van der Waals surface area contributed by atoms with Gasteiger partial charge < -0.3 is 10.1 Å². The van der Waals surface area contributed by atoms with E-state index in [1.807, 2.05) is 6.07 Å². The van der Waals surface area contributed by atoms with E-state index in [4.69, 9.17) is 4.74 Å². The lowest BCUT2D eigenvalue weighted by molar-refractivity contribution is -0.119. The van der Waals surface area contributed by atoms with Crippen molar-refractivity contribution in [1.29, 1.82) is 0 Å². The fourth-order valence-electron chi connectivity index (χ4n) is 3.77. The van der Waals surface area contributed by atoms with Gasteiger partial charge in [-0.25, -0.2) is 4.39 Å². The summed E-state index contributed by atoms with van der Waals surface area (Å²) in [5, 5.41) is 3.17. The predicted molar refractivity (Wildman–Crippen MR) is 125 cm³/mol. The fourth-order valence-corrected chi connectivity index (χ4v) is 4.48. The Morgan fingerprint density at radius 2 is 1.84 bits per heavy atom. The van der Waals surface area contributed by atoms with E-state index in [9.17, 15) is 9.18 Å². The third kappa shape index (κ3) is 6.97. The molecule has 0 saturated carbocycles. The minimum absolute atomic E-state index is 0.0839. The van der Waals surface area contributed by atoms with Gasteiger partial charge in [-0.15, -0.1) is 11.8 Å². The Balaban J connectivity index is 1.39. The van der Waals surface area contributed by atoms with Gasteiger partial charge in [0.05, 0.1) is 12.9 Å². The fraction of sp³-hybridized carbons (Fsp3) is 0.480. The maximum Gasteiger partial charge on any atom is 0.230 e. The first-order valence-electron chi connectivity index (χ1n) is 10.8. The Morgan fingerprint density at radius 3 is 2.42 bits per heavy atom. The number of benzene rings is 2. The van der Waals surface area contributed by atoms with Crippen LogP contribution in [0, 0.1) is 5.82 Å². The number of carbonyl (C=O) groups excluding carboxylic acids is 1. The van der Waals surface area contributed by atoms with Gasteiger partial charge in [-0.3, -0.25) is 9.69 Å². The molecular weight excluding hydrogens is 411 g/mol. The molecular formula is C25H33FN2O2S. The highest BCUT2D eigenvalue weighted by atomic mass is 32.2. The first-order valence-corrected chi connectivity index (χ1v) is 11.8. The maximum absolute atomic E-state index is 13.9. The Bertz CT molecular complexity index is 872. The zero-order chi connectivity index (χ0) is 22.4. The molecule has 1 amide bonds. The summed E-state index contributed by atoms with van der Waals surface area (Å²) in [6.45, 7) is 9.08. The minimum Gasteiger partial charge on any atom is -0.494 e. The molecule has 168 valence electrons. The largest absolute Gasteiger partial charge is 0.494 e. The summed E-state index contributed by atoms with van der Waals surface area (Å²) < 4.78 is 18.9. The van der Waals surface area contributed by atoms with Crippen LogP contribution in [0.25, 0.3) is 0 Å². The van der Waals surface area contributed by atoms with Crippen molar-refractivity contribution in [2.45, 2.75) is 56.5 Å². The summed E-state index contributed by atoms with van der Waals surface area (Å²) in [5.41, 5.74) is 2.37. The zero-order valence-electron chi connectivity index (χ0n) is 18.9. The standard InChI is InChI=1S/C25H33FN2O2S/c1-25(2,3)19-6-8-21(9-7-19)31-17-24(29)27-20-11-13-28(14-12-20)16-18-5-10-23(30-4)22(26)15-18/h5-10,15,20H,11-14,16-17H2,1-4H3,(H,27,29). The Labute approximate surface area is 189 Å². The Kier molecular flexibility index (Phi) is 8.00. The van der Waals surface area contributed by atoms with E-state index in [1.54, 1.807) is 17.8 Å².